The highest BCUT2D eigenvalue weighted by Crippen LogP contribution is 2.26. The Kier molecular flexibility index (Phi) is 3.72. The number of rotatable bonds is 3. The average molecular weight is 318 g/mol. The summed E-state index contributed by atoms with van der Waals surface area (Å²) >= 11 is 6.15. The molecule has 1 fully saturated rings. The number of methoxy groups -OCH3 is 1. The second-order valence-electron chi connectivity index (χ2n) is 4.11. The first-order valence-electron chi connectivity index (χ1n) is 5.98. The molecule has 1 saturated heterocycles. The van der Waals surface area contributed by atoms with Crippen molar-refractivity contribution in [1.29, 1.82) is 0 Å². The number of nitrogens with zero attached hydrogens (tertiary/aromatic N) is 3. The topological polar surface area (TPSA) is 69.0 Å². The summed E-state index contributed by atoms with van der Waals surface area (Å²) in [5.74, 6) is 0.479. The Morgan fingerprint density at radius 1 is 1.43 bits per heavy atom. The standard InChI is InChI=1S/C13H10N4O2S2/c1-19-10-5-3-2-4-9(10)17-7-8(15-16-17)6-11-12(18)14-13(20)21-11/h2-7H,1H3,(H,14,18,20)/b11-6-. The zero-order valence-electron chi connectivity index (χ0n) is 10.9. The molecule has 0 aliphatic carbocycles. The lowest BCUT2D eigenvalue weighted by Crippen LogP contribution is -2.17. The van der Waals surface area contributed by atoms with Gasteiger partial charge in [0.2, 0.25) is 0 Å². The summed E-state index contributed by atoms with van der Waals surface area (Å²) < 4.78 is 7.33. The molecule has 0 atom stereocenters. The number of hydrogen-bond donors (Lipinski definition) is 1. The predicted molar refractivity (Wildman–Crippen MR) is 84.2 cm³/mol. The van der Waals surface area contributed by atoms with Gasteiger partial charge in [-0.2, -0.15) is 0 Å². The second kappa shape index (κ2) is 5.66. The van der Waals surface area contributed by atoms with Gasteiger partial charge in [0.05, 0.1) is 18.2 Å². The van der Waals surface area contributed by atoms with Crippen LogP contribution in [0.2, 0.25) is 0 Å². The van der Waals surface area contributed by atoms with Gasteiger partial charge in [-0.25, -0.2) is 4.68 Å². The molecule has 0 radical (unpaired) electrons. The number of para-hydroxylation sites is 2. The molecule has 0 saturated carbocycles. The fraction of sp³-hybridized carbons (Fsp3) is 0.0769. The third-order valence-corrected chi connectivity index (χ3v) is 3.93. The van der Waals surface area contributed by atoms with Crippen LogP contribution in [0.15, 0.2) is 35.4 Å². The van der Waals surface area contributed by atoms with Crippen molar-refractivity contribution < 1.29 is 9.53 Å². The number of ether oxygens (including phenoxy) is 1. The first-order valence-corrected chi connectivity index (χ1v) is 7.20. The van der Waals surface area contributed by atoms with E-state index < -0.39 is 0 Å². The summed E-state index contributed by atoms with van der Waals surface area (Å²) in [7, 11) is 1.60. The molecular weight excluding hydrogens is 308 g/mol. The molecule has 1 aliphatic rings. The van der Waals surface area contributed by atoms with Gasteiger partial charge in [0.1, 0.15) is 21.5 Å². The number of nitrogens with one attached hydrogen (secondary N) is 1. The average Bonchev–Trinajstić information content (AvgIpc) is 3.06. The molecule has 2 heterocycles. The summed E-state index contributed by atoms with van der Waals surface area (Å²) in [6.45, 7) is 0. The molecule has 21 heavy (non-hydrogen) atoms. The van der Waals surface area contributed by atoms with E-state index in [0.717, 1.165) is 5.69 Å². The first-order chi connectivity index (χ1) is 10.2. The minimum absolute atomic E-state index is 0.211. The van der Waals surface area contributed by atoms with Crippen LogP contribution in [0.1, 0.15) is 5.69 Å². The number of thiocarbonyl (C=S) groups is 1. The summed E-state index contributed by atoms with van der Waals surface area (Å²) in [5, 5.41) is 10.6. The Balaban J connectivity index is 1.92. The van der Waals surface area contributed by atoms with Gasteiger partial charge in [0.25, 0.3) is 5.91 Å². The zero-order valence-corrected chi connectivity index (χ0v) is 12.6. The van der Waals surface area contributed by atoms with Crippen molar-refractivity contribution in [1.82, 2.24) is 20.3 Å². The third-order valence-electron chi connectivity index (χ3n) is 2.76. The van der Waals surface area contributed by atoms with Crippen LogP contribution >= 0.6 is 24.0 Å². The number of amides is 1. The van der Waals surface area contributed by atoms with Gasteiger partial charge in [-0.15, -0.1) is 5.10 Å². The Morgan fingerprint density at radius 2 is 2.24 bits per heavy atom. The Hall–Kier alpha value is -2.19. The van der Waals surface area contributed by atoms with E-state index >= 15 is 0 Å². The molecule has 1 N–H and O–H groups in total. The Labute approximate surface area is 130 Å². The highest BCUT2D eigenvalue weighted by Gasteiger charge is 2.22. The molecule has 8 heteroatoms. The van der Waals surface area contributed by atoms with Crippen LogP contribution in [-0.2, 0) is 4.79 Å². The van der Waals surface area contributed by atoms with Crippen LogP contribution in [0.5, 0.6) is 5.75 Å². The van der Waals surface area contributed by atoms with Gasteiger partial charge < -0.3 is 10.1 Å². The SMILES string of the molecule is COc1ccccc1-n1cc(/C=C2\SC(=S)NC2=O)nn1. The van der Waals surface area contributed by atoms with Crippen molar-refractivity contribution in [3.63, 3.8) is 0 Å². The number of hydrogen-bond acceptors (Lipinski definition) is 6. The van der Waals surface area contributed by atoms with E-state index in [2.05, 4.69) is 15.6 Å². The van der Waals surface area contributed by atoms with Gasteiger partial charge in [0.15, 0.2) is 0 Å². The lowest BCUT2D eigenvalue weighted by molar-refractivity contribution is -0.115. The maximum absolute atomic E-state index is 11.6. The van der Waals surface area contributed by atoms with E-state index in [9.17, 15) is 4.79 Å². The molecule has 0 bridgehead atoms. The van der Waals surface area contributed by atoms with Crippen LogP contribution < -0.4 is 10.1 Å². The quantitative estimate of drug-likeness (QED) is 0.687. The third kappa shape index (κ3) is 2.81. The molecule has 6 nitrogen and oxygen atoms in total. The smallest absolute Gasteiger partial charge is 0.263 e. The maximum Gasteiger partial charge on any atom is 0.263 e. The molecule has 1 aliphatic heterocycles. The van der Waals surface area contributed by atoms with Crippen LogP contribution in [-0.4, -0.2) is 32.3 Å². The summed E-state index contributed by atoms with van der Waals surface area (Å²) in [5.41, 5.74) is 1.35. The highest BCUT2D eigenvalue weighted by molar-refractivity contribution is 8.26. The van der Waals surface area contributed by atoms with E-state index in [1.165, 1.54) is 11.8 Å². The molecule has 1 aromatic carbocycles. The molecule has 0 unspecified atom stereocenters. The lowest BCUT2D eigenvalue weighted by atomic mass is 10.3. The van der Waals surface area contributed by atoms with Crippen molar-refractivity contribution in [3.8, 4) is 11.4 Å². The van der Waals surface area contributed by atoms with Gasteiger partial charge in [0, 0.05) is 0 Å². The largest absolute Gasteiger partial charge is 0.494 e. The normalized spacial score (nSPS) is 16.3. The molecule has 2 aromatic rings. The number of carbonyl (C=O) groups is 1. The minimum atomic E-state index is -0.211. The van der Waals surface area contributed by atoms with E-state index in [0.29, 0.717) is 20.7 Å². The number of benzene rings is 1. The van der Waals surface area contributed by atoms with Crippen molar-refractivity contribution in [3.05, 3.63) is 41.1 Å². The number of carbonyl (C=O) groups excluding carboxylic acids is 1. The Morgan fingerprint density at radius 3 is 2.95 bits per heavy atom. The summed E-state index contributed by atoms with van der Waals surface area (Å²) in [6, 6.07) is 7.48. The first kappa shape index (κ1) is 13.8. The number of thioether (sulfide) groups is 1. The van der Waals surface area contributed by atoms with Crippen molar-refractivity contribution in [2.75, 3.05) is 7.11 Å². The summed E-state index contributed by atoms with van der Waals surface area (Å²) in [6.07, 6.45) is 3.37. The van der Waals surface area contributed by atoms with Gasteiger partial charge in [-0.05, 0) is 18.2 Å². The van der Waals surface area contributed by atoms with Crippen LogP contribution in [0, 0.1) is 0 Å². The second-order valence-corrected chi connectivity index (χ2v) is 5.83. The zero-order chi connectivity index (χ0) is 14.8. The summed E-state index contributed by atoms with van der Waals surface area (Å²) in [4.78, 5) is 12.1. The molecule has 3 rings (SSSR count). The van der Waals surface area contributed by atoms with E-state index in [1.54, 1.807) is 24.1 Å². The maximum atomic E-state index is 11.6. The fourth-order valence-electron chi connectivity index (χ4n) is 1.84. The molecule has 1 amide bonds. The lowest BCUT2D eigenvalue weighted by Gasteiger charge is -2.06. The van der Waals surface area contributed by atoms with E-state index in [4.69, 9.17) is 17.0 Å². The van der Waals surface area contributed by atoms with Gasteiger partial charge in [-0.1, -0.05) is 41.3 Å². The van der Waals surface area contributed by atoms with Crippen molar-refractivity contribution >= 4 is 40.3 Å². The molecule has 1 aromatic heterocycles. The van der Waals surface area contributed by atoms with Crippen LogP contribution in [0.4, 0.5) is 0 Å². The highest BCUT2D eigenvalue weighted by atomic mass is 32.2. The van der Waals surface area contributed by atoms with E-state index in [-0.39, 0.29) is 5.91 Å². The van der Waals surface area contributed by atoms with Gasteiger partial charge in [-0.3, -0.25) is 4.79 Å². The van der Waals surface area contributed by atoms with Crippen molar-refractivity contribution in [2.45, 2.75) is 0 Å². The van der Waals surface area contributed by atoms with Crippen LogP contribution in [0.3, 0.4) is 0 Å². The molecule has 0 spiro atoms. The van der Waals surface area contributed by atoms with Crippen LogP contribution in [0.25, 0.3) is 11.8 Å². The fourth-order valence-corrected chi connectivity index (χ4v) is 2.86. The molecule has 106 valence electrons. The minimum Gasteiger partial charge on any atom is -0.494 e. The Bertz CT molecular complexity index is 754. The van der Waals surface area contributed by atoms with Crippen molar-refractivity contribution in [2.24, 2.45) is 0 Å². The molecular formula is C13H10N4O2S2. The monoisotopic (exact) mass is 318 g/mol. The predicted octanol–water partition coefficient (Wildman–Crippen LogP) is 1.76. The van der Waals surface area contributed by atoms with Gasteiger partial charge >= 0.3 is 0 Å². The van der Waals surface area contributed by atoms with E-state index in [1.807, 2.05) is 24.3 Å². The number of aromatic nitrogens is 3.